The first-order chi connectivity index (χ1) is 7.99. The van der Waals surface area contributed by atoms with Crippen molar-refractivity contribution in [2.75, 3.05) is 0 Å². The van der Waals surface area contributed by atoms with Crippen LogP contribution in [-0.4, -0.2) is 17.7 Å². The Hall–Kier alpha value is -1.55. The van der Waals surface area contributed by atoms with Gasteiger partial charge < -0.3 is 4.74 Å². The number of ether oxygens (including phenoxy) is 1. The predicted molar refractivity (Wildman–Crippen MR) is 68.5 cm³/mol. The normalized spacial score (nSPS) is 11.5. The molecule has 4 nitrogen and oxygen atoms in total. The zero-order valence-corrected chi connectivity index (χ0v) is 10.8. The smallest absolute Gasteiger partial charge is 0.280 e. The molecule has 0 aliphatic carbocycles. The molecule has 1 aromatic carbocycles. The maximum atomic E-state index is 11.5. The van der Waals surface area contributed by atoms with Crippen LogP contribution in [-0.2, 0) is 4.79 Å². The third-order valence-electron chi connectivity index (χ3n) is 1.89. The van der Waals surface area contributed by atoms with Crippen LogP contribution < -0.4 is 10.2 Å². The second kappa shape index (κ2) is 6.25. The molecule has 1 rings (SSSR count). The van der Waals surface area contributed by atoms with Gasteiger partial charge in [-0.25, -0.2) is 5.43 Å². The molecule has 1 atom stereocenters. The van der Waals surface area contributed by atoms with Crippen LogP contribution in [0.25, 0.3) is 0 Å². The first-order valence-corrected chi connectivity index (χ1v) is 5.60. The molecule has 0 aromatic heterocycles. The number of carbonyl (C=O) groups excluding carboxylic acids is 1. The van der Waals surface area contributed by atoms with Gasteiger partial charge in [0.1, 0.15) is 5.75 Å². The van der Waals surface area contributed by atoms with E-state index in [9.17, 15) is 4.79 Å². The number of hydrogen-bond donors (Lipinski definition) is 1. The van der Waals surface area contributed by atoms with Gasteiger partial charge in [-0.1, -0.05) is 11.6 Å². The van der Waals surface area contributed by atoms with Gasteiger partial charge in [0.25, 0.3) is 5.91 Å². The molecule has 1 amide bonds. The summed E-state index contributed by atoms with van der Waals surface area (Å²) in [5.74, 6) is 0.301. The van der Waals surface area contributed by atoms with Gasteiger partial charge in [-0.15, -0.1) is 0 Å². The van der Waals surface area contributed by atoms with Crippen LogP contribution in [0.5, 0.6) is 5.75 Å². The summed E-state index contributed by atoms with van der Waals surface area (Å²) in [6.07, 6.45) is -0.612. The van der Waals surface area contributed by atoms with Gasteiger partial charge in [-0.05, 0) is 45.0 Å². The number of amides is 1. The van der Waals surface area contributed by atoms with Crippen LogP contribution in [0, 0.1) is 0 Å². The quantitative estimate of drug-likeness (QED) is 0.663. The summed E-state index contributed by atoms with van der Waals surface area (Å²) in [5, 5.41) is 4.44. The minimum Gasteiger partial charge on any atom is -0.481 e. The topological polar surface area (TPSA) is 50.7 Å². The van der Waals surface area contributed by atoms with E-state index >= 15 is 0 Å². The average molecular weight is 255 g/mol. The number of halogens is 1. The van der Waals surface area contributed by atoms with Crippen molar-refractivity contribution in [2.45, 2.75) is 26.9 Å². The van der Waals surface area contributed by atoms with E-state index in [4.69, 9.17) is 16.3 Å². The lowest BCUT2D eigenvalue weighted by Crippen LogP contribution is -2.33. The van der Waals surface area contributed by atoms with Crippen LogP contribution in [0.1, 0.15) is 20.8 Å². The van der Waals surface area contributed by atoms with Gasteiger partial charge in [0, 0.05) is 10.7 Å². The lowest BCUT2D eigenvalue weighted by atomic mass is 10.3. The van der Waals surface area contributed by atoms with Crippen LogP contribution in [0.15, 0.2) is 29.4 Å². The summed E-state index contributed by atoms with van der Waals surface area (Å²) < 4.78 is 5.42. The molecule has 0 bridgehead atoms. The van der Waals surface area contributed by atoms with E-state index < -0.39 is 6.10 Å². The SMILES string of the molecule is CC(C)=NNC(=O)[C@H](C)Oc1ccc(Cl)cc1. The third kappa shape index (κ3) is 4.87. The first kappa shape index (κ1) is 13.5. The van der Waals surface area contributed by atoms with Crippen molar-refractivity contribution in [3.63, 3.8) is 0 Å². The molecule has 0 unspecified atom stereocenters. The molecule has 1 N–H and O–H groups in total. The lowest BCUT2D eigenvalue weighted by Gasteiger charge is -2.12. The van der Waals surface area contributed by atoms with Crippen molar-refractivity contribution in [1.29, 1.82) is 0 Å². The summed E-state index contributed by atoms with van der Waals surface area (Å²) in [5.41, 5.74) is 3.19. The number of benzene rings is 1. The molecule has 0 fully saturated rings. The predicted octanol–water partition coefficient (Wildman–Crippen LogP) is 2.62. The minimum absolute atomic E-state index is 0.291. The van der Waals surface area contributed by atoms with E-state index in [1.54, 1.807) is 45.0 Å². The highest BCUT2D eigenvalue weighted by atomic mass is 35.5. The van der Waals surface area contributed by atoms with Gasteiger partial charge in [0.05, 0.1) is 0 Å². The molecule has 1 aromatic rings. The molecule has 0 radical (unpaired) electrons. The fraction of sp³-hybridized carbons (Fsp3) is 0.333. The van der Waals surface area contributed by atoms with E-state index in [1.807, 2.05) is 0 Å². The standard InChI is InChI=1S/C12H15ClN2O2/c1-8(2)14-15-12(16)9(3)17-11-6-4-10(13)5-7-11/h4-7,9H,1-3H3,(H,15,16)/t9-/m0/s1. The van der Waals surface area contributed by atoms with Crippen LogP contribution in [0.3, 0.4) is 0 Å². The number of nitrogens with one attached hydrogen (secondary N) is 1. The van der Waals surface area contributed by atoms with Crippen molar-refractivity contribution >= 4 is 23.2 Å². The highest BCUT2D eigenvalue weighted by Gasteiger charge is 2.13. The molecule has 0 aliphatic heterocycles. The van der Waals surface area contributed by atoms with Crippen LogP contribution in [0.4, 0.5) is 0 Å². The maximum absolute atomic E-state index is 11.5. The number of nitrogens with zero attached hydrogens (tertiary/aromatic N) is 1. The van der Waals surface area contributed by atoms with E-state index in [0.717, 1.165) is 5.71 Å². The zero-order valence-electron chi connectivity index (χ0n) is 10.0. The molecule has 0 saturated carbocycles. The molecule has 5 heteroatoms. The Balaban J connectivity index is 2.54. The molecule has 0 aliphatic rings. The fourth-order valence-corrected chi connectivity index (χ4v) is 1.15. The van der Waals surface area contributed by atoms with Gasteiger partial charge in [-0.2, -0.15) is 5.10 Å². The maximum Gasteiger partial charge on any atom is 0.280 e. The van der Waals surface area contributed by atoms with Crippen molar-refractivity contribution < 1.29 is 9.53 Å². The van der Waals surface area contributed by atoms with Gasteiger partial charge >= 0.3 is 0 Å². The summed E-state index contributed by atoms with van der Waals surface area (Å²) in [6.45, 7) is 5.25. The Morgan fingerprint density at radius 2 is 1.94 bits per heavy atom. The number of hydrazone groups is 1. The Morgan fingerprint density at radius 1 is 1.35 bits per heavy atom. The second-order valence-corrected chi connectivity index (χ2v) is 4.19. The largest absolute Gasteiger partial charge is 0.481 e. The van der Waals surface area contributed by atoms with Gasteiger partial charge in [0.15, 0.2) is 6.10 Å². The average Bonchev–Trinajstić information content (AvgIpc) is 2.28. The number of carbonyl (C=O) groups is 1. The first-order valence-electron chi connectivity index (χ1n) is 5.22. The van der Waals surface area contributed by atoms with Crippen LogP contribution >= 0.6 is 11.6 Å². The van der Waals surface area contributed by atoms with E-state index in [0.29, 0.717) is 10.8 Å². The monoisotopic (exact) mass is 254 g/mol. The zero-order chi connectivity index (χ0) is 12.8. The van der Waals surface area contributed by atoms with E-state index in [-0.39, 0.29) is 5.91 Å². The Morgan fingerprint density at radius 3 is 2.47 bits per heavy atom. The lowest BCUT2D eigenvalue weighted by molar-refractivity contribution is -0.127. The van der Waals surface area contributed by atoms with Crippen molar-refractivity contribution in [3.05, 3.63) is 29.3 Å². The highest BCUT2D eigenvalue weighted by Crippen LogP contribution is 2.16. The fourth-order valence-electron chi connectivity index (χ4n) is 1.03. The summed E-state index contributed by atoms with van der Waals surface area (Å²) in [6, 6.07) is 6.83. The van der Waals surface area contributed by atoms with Gasteiger partial charge in [-0.3, -0.25) is 4.79 Å². The van der Waals surface area contributed by atoms with Gasteiger partial charge in [0.2, 0.25) is 0 Å². The van der Waals surface area contributed by atoms with Crippen molar-refractivity contribution in [1.82, 2.24) is 5.43 Å². The molecular weight excluding hydrogens is 240 g/mol. The van der Waals surface area contributed by atoms with Crippen molar-refractivity contribution in [3.8, 4) is 5.75 Å². The second-order valence-electron chi connectivity index (χ2n) is 3.75. The highest BCUT2D eigenvalue weighted by molar-refractivity contribution is 6.30. The third-order valence-corrected chi connectivity index (χ3v) is 2.14. The molecule has 0 heterocycles. The molecule has 17 heavy (non-hydrogen) atoms. The number of rotatable bonds is 4. The number of hydrogen-bond acceptors (Lipinski definition) is 3. The Kier molecular flexibility index (Phi) is 4.97. The summed E-state index contributed by atoms with van der Waals surface area (Å²) >= 11 is 5.74. The van der Waals surface area contributed by atoms with E-state index in [2.05, 4.69) is 10.5 Å². The molecule has 92 valence electrons. The minimum atomic E-state index is -0.612. The summed E-state index contributed by atoms with van der Waals surface area (Å²) in [7, 11) is 0. The summed E-state index contributed by atoms with van der Waals surface area (Å²) in [4.78, 5) is 11.5. The Labute approximate surface area is 106 Å². The Bertz CT molecular complexity index is 411. The molecule has 0 spiro atoms. The van der Waals surface area contributed by atoms with Crippen molar-refractivity contribution in [2.24, 2.45) is 5.10 Å². The van der Waals surface area contributed by atoms with E-state index in [1.165, 1.54) is 0 Å². The molecular formula is C12H15ClN2O2. The van der Waals surface area contributed by atoms with Crippen LogP contribution in [0.2, 0.25) is 5.02 Å². The molecule has 0 saturated heterocycles.